The Kier molecular flexibility index (Phi) is 7.54. The Morgan fingerprint density at radius 1 is 1.25 bits per heavy atom. The molecule has 0 saturated heterocycles. The van der Waals surface area contributed by atoms with E-state index in [1.807, 2.05) is 13.8 Å². The lowest BCUT2D eigenvalue weighted by Crippen LogP contribution is -2.42. The molecule has 5 nitrogen and oxygen atoms in total. The van der Waals surface area contributed by atoms with Gasteiger partial charge in [-0.3, -0.25) is 9.59 Å². The second-order valence-electron chi connectivity index (χ2n) is 3.92. The third kappa shape index (κ3) is 6.40. The molecule has 0 aliphatic heterocycles. The maximum absolute atomic E-state index is 11.4. The highest BCUT2D eigenvalue weighted by molar-refractivity contribution is 5.81. The van der Waals surface area contributed by atoms with E-state index in [2.05, 4.69) is 16.0 Å². The topological polar surface area (TPSA) is 70.2 Å². The van der Waals surface area contributed by atoms with Crippen LogP contribution < -0.4 is 16.0 Å². The van der Waals surface area contributed by atoms with Crippen molar-refractivity contribution in [1.82, 2.24) is 16.0 Å². The molecule has 0 aromatic carbocycles. The largest absolute Gasteiger partial charge is 0.358 e. The van der Waals surface area contributed by atoms with Crippen LogP contribution in [0.2, 0.25) is 0 Å². The first-order chi connectivity index (χ1) is 7.51. The summed E-state index contributed by atoms with van der Waals surface area (Å²) >= 11 is 0. The zero-order valence-corrected chi connectivity index (χ0v) is 10.6. The van der Waals surface area contributed by atoms with E-state index in [4.69, 9.17) is 0 Å². The quantitative estimate of drug-likeness (QED) is 0.576. The third-order valence-corrected chi connectivity index (χ3v) is 2.46. The average molecular weight is 229 g/mol. The average Bonchev–Trinajstić information content (AvgIpc) is 2.27. The first kappa shape index (κ1) is 14.9. The fourth-order valence-electron chi connectivity index (χ4n) is 1.16. The molecule has 0 bridgehead atoms. The van der Waals surface area contributed by atoms with E-state index in [1.54, 1.807) is 14.0 Å². The van der Waals surface area contributed by atoms with E-state index in [0.29, 0.717) is 13.0 Å². The summed E-state index contributed by atoms with van der Waals surface area (Å²) < 4.78 is 0. The van der Waals surface area contributed by atoms with Gasteiger partial charge in [-0.25, -0.2) is 0 Å². The van der Waals surface area contributed by atoms with Crippen LogP contribution in [-0.2, 0) is 9.59 Å². The maximum Gasteiger partial charge on any atom is 0.236 e. The Bertz CT molecular complexity index is 231. The van der Waals surface area contributed by atoms with Crippen molar-refractivity contribution in [2.75, 3.05) is 13.6 Å². The summed E-state index contributed by atoms with van der Waals surface area (Å²) in [5.74, 6) is -0.0479. The highest BCUT2D eigenvalue weighted by Gasteiger charge is 2.10. The third-order valence-electron chi connectivity index (χ3n) is 2.46. The predicted octanol–water partition coefficient (Wildman–Crippen LogP) is 0.0153. The number of hydrogen-bond acceptors (Lipinski definition) is 3. The molecule has 2 amide bonds. The van der Waals surface area contributed by atoms with Gasteiger partial charge in [0.25, 0.3) is 0 Å². The molecule has 0 saturated carbocycles. The van der Waals surface area contributed by atoms with Gasteiger partial charge in [0, 0.05) is 26.1 Å². The molecule has 0 aromatic heterocycles. The first-order valence-corrected chi connectivity index (χ1v) is 5.75. The number of amides is 2. The smallest absolute Gasteiger partial charge is 0.236 e. The maximum atomic E-state index is 11.4. The molecule has 5 heteroatoms. The van der Waals surface area contributed by atoms with Crippen LogP contribution in [0.25, 0.3) is 0 Å². The van der Waals surface area contributed by atoms with Crippen molar-refractivity contribution in [2.24, 2.45) is 0 Å². The molecule has 2 atom stereocenters. The number of hydrogen-bond donors (Lipinski definition) is 3. The highest BCUT2D eigenvalue weighted by Crippen LogP contribution is 1.89. The Balaban J connectivity index is 3.65. The van der Waals surface area contributed by atoms with Crippen molar-refractivity contribution in [3.8, 4) is 0 Å². The Labute approximate surface area is 97.4 Å². The summed E-state index contributed by atoms with van der Waals surface area (Å²) in [6.07, 6.45) is 1.32. The summed E-state index contributed by atoms with van der Waals surface area (Å²) in [6, 6.07) is -0.0507. The molecule has 3 N–H and O–H groups in total. The van der Waals surface area contributed by atoms with Crippen LogP contribution in [0, 0.1) is 0 Å². The van der Waals surface area contributed by atoms with Gasteiger partial charge in [0.15, 0.2) is 0 Å². The van der Waals surface area contributed by atoms with E-state index in [0.717, 1.165) is 6.42 Å². The van der Waals surface area contributed by atoms with Crippen LogP contribution in [0.3, 0.4) is 0 Å². The zero-order chi connectivity index (χ0) is 12.6. The summed E-state index contributed by atoms with van der Waals surface area (Å²) in [7, 11) is 1.59. The Morgan fingerprint density at radius 2 is 1.88 bits per heavy atom. The summed E-state index contributed by atoms with van der Waals surface area (Å²) in [5, 5.41) is 8.39. The fourth-order valence-corrected chi connectivity index (χ4v) is 1.16. The van der Waals surface area contributed by atoms with Gasteiger partial charge >= 0.3 is 0 Å². The van der Waals surface area contributed by atoms with Crippen LogP contribution in [0.5, 0.6) is 0 Å². The molecule has 0 aliphatic carbocycles. The number of nitrogens with one attached hydrogen (secondary N) is 3. The summed E-state index contributed by atoms with van der Waals surface area (Å²) in [6.45, 7) is 6.28. The van der Waals surface area contributed by atoms with Crippen molar-refractivity contribution >= 4 is 11.8 Å². The van der Waals surface area contributed by atoms with Crippen molar-refractivity contribution in [3.05, 3.63) is 0 Å². The molecule has 0 rings (SSSR count). The van der Waals surface area contributed by atoms with Crippen LogP contribution in [0.15, 0.2) is 0 Å². The number of likely N-dealkylation sites (N-methyl/N-ethyl adjacent to an activating group) is 1. The highest BCUT2D eigenvalue weighted by atomic mass is 16.2. The zero-order valence-electron chi connectivity index (χ0n) is 10.6. The second-order valence-corrected chi connectivity index (χ2v) is 3.92. The molecule has 0 spiro atoms. The molecule has 0 fully saturated rings. The van der Waals surface area contributed by atoms with Crippen LogP contribution in [0.4, 0.5) is 0 Å². The molecule has 0 heterocycles. The Hall–Kier alpha value is -1.10. The SMILES string of the molecule is CCC(C)NC(=O)CCNC(C)C(=O)NC. The normalized spacial score (nSPS) is 14.0. The van der Waals surface area contributed by atoms with Gasteiger partial charge < -0.3 is 16.0 Å². The standard InChI is InChI=1S/C11H23N3O2/c1-5-8(2)14-10(15)6-7-13-9(3)11(16)12-4/h8-9,13H,5-7H2,1-4H3,(H,12,16)(H,14,15). The number of carbonyl (C=O) groups excluding carboxylic acids is 2. The summed E-state index contributed by atoms with van der Waals surface area (Å²) in [5.41, 5.74) is 0. The van der Waals surface area contributed by atoms with Gasteiger partial charge in [-0.1, -0.05) is 6.92 Å². The van der Waals surface area contributed by atoms with Crippen molar-refractivity contribution < 1.29 is 9.59 Å². The van der Waals surface area contributed by atoms with Crippen molar-refractivity contribution in [1.29, 1.82) is 0 Å². The Morgan fingerprint density at radius 3 is 2.38 bits per heavy atom. The van der Waals surface area contributed by atoms with Crippen LogP contribution in [0.1, 0.15) is 33.6 Å². The molecule has 0 aromatic rings. The van der Waals surface area contributed by atoms with Gasteiger partial charge in [-0.2, -0.15) is 0 Å². The molecular weight excluding hydrogens is 206 g/mol. The molecule has 0 radical (unpaired) electrons. The van der Waals surface area contributed by atoms with Gasteiger partial charge in [-0.05, 0) is 20.3 Å². The minimum atomic E-state index is -0.263. The number of carbonyl (C=O) groups is 2. The van der Waals surface area contributed by atoms with Crippen molar-refractivity contribution in [2.45, 2.75) is 45.7 Å². The van der Waals surface area contributed by atoms with E-state index in [-0.39, 0.29) is 23.9 Å². The van der Waals surface area contributed by atoms with Crippen molar-refractivity contribution in [3.63, 3.8) is 0 Å². The monoisotopic (exact) mass is 229 g/mol. The minimum absolute atomic E-state index is 0.0194. The lowest BCUT2D eigenvalue weighted by atomic mass is 10.2. The number of rotatable bonds is 7. The molecular formula is C11H23N3O2. The lowest BCUT2D eigenvalue weighted by molar-refractivity contribution is -0.123. The van der Waals surface area contributed by atoms with Gasteiger partial charge in [-0.15, -0.1) is 0 Å². The second kappa shape index (κ2) is 8.10. The molecule has 94 valence electrons. The van der Waals surface area contributed by atoms with Gasteiger partial charge in [0.1, 0.15) is 0 Å². The predicted molar refractivity (Wildman–Crippen MR) is 64.0 cm³/mol. The lowest BCUT2D eigenvalue weighted by Gasteiger charge is -2.14. The van der Waals surface area contributed by atoms with Crippen LogP contribution in [-0.4, -0.2) is 37.5 Å². The minimum Gasteiger partial charge on any atom is -0.358 e. The molecule has 0 aliphatic rings. The fraction of sp³-hybridized carbons (Fsp3) is 0.818. The van der Waals surface area contributed by atoms with Gasteiger partial charge in [0.05, 0.1) is 6.04 Å². The van der Waals surface area contributed by atoms with E-state index >= 15 is 0 Å². The van der Waals surface area contributed by atoms with E-state index < -0.39 is 0 Å². The van der Waals surface area contributed by atoms with E-state index in [9.17, 15) is 9.59 Å². The van der Waals surface area contributed by atoms with Crippen LogP contribution >= 0.6 is 0 Å². The van der Waals surface area contributed by atoms with E-state index in [1.165, 1.54) is 0 Å². The molecule has 16 heavy (non-hydrogen) atoms. The summed E-state index contributed by atoms with van der Waals surface area (Å²) in [4.78, 5) is 22.5. The van der Waals surface area contributed by atoms with Gasteiger partial charge in [0.2, 0.25) is 11.8 Å². The first-order valence-electron chi connectivity index (χ1n) is 5.75. The molecule has 2 unspecified atom stereocenters.